The van der Waals surface area contributed by atoms with Crippen molar-refractivity contribution in [2.45, 2.75) is 39.3 Å². The predicted octanol–water partition coefficient (Wildman–Crippen LogP) is 2.74. The van der Waals surface area contributed by atoms with Crippen LogP contribution in [-0.2, 0) is 20.6 Å². The van der Waals surface area contributed by atoms with E-state index in [9.17, 15) is 4.79 Å². The summed E-state index contributed by atoms with van der Waals surface area (Å²) in [6.45, 7) is 7.44. The van der Waals surface area contributed by atoms with Crippen LogP contribution in [0.4, 0.5) is 0 Å². The quantitative estimate of drug-likeness (QED) is 0.645. The number of para-hydroxylation sites is 2. The summed E-state index contributed by atoms with van der Waals surface area (Å²) in [5.74, 6) is 0.919. The van der Waals surface area contributed by atoms with Crippen molar-refractivity contribution in [3.05, 3.63) is 47.5 Å². The third-order valence-electron chi connectivity index (χ3n) is 6.06. The van der Waals surface area contributed by atoms with Gasteiger partial charge in [0, 0.05) is 26.7 Å². The average Bonchev–Trinajstić information content (AvgIpc) is 3.39. The normalized spacial score (nSPS) is 17.3. The summed E-state index contributed by atoms with van der Waals surface area (Å²) < 4.78 is 3.78. The van der Waals surface area contributed by atoms with Crippen LogP contribution in [0.3, 0.4) is 0 Å². The zero-order chi connectivity index (χ0) is 20.5. The highest BCUT2D eigenvalue weighted by Gasteiger charge is 2.29. The Hall–Kier alpha value is -2.67. The van der Waals surface area contributed by atoms with Gasteiger partial charge in [0.25, 0.3) is 5.91 Å². The predicted molar refractivity (Wildman–Crippen MR) is 114 cm³/mol. The zero-order valence-electron chi connectivity index (χ0n) is 17.8. The first-order valence-electron chi connectivity index (χ1n) is 10.4. The van der Waals surface area contributed by atoms with Gasteiger partial charge in [-0.3, -0.25) is 14.4 Å². The molecule has 7 nitrogen and oxygen atoms in total. The van der Waals surface area contributed by atoms with Crippen LogP contribution in [0.25, 0.3) is 11.0 Å². The summed E-state index contributed by atoms with van der Waals surface area (Å²) in [5.41, 5.74) is 3.53. The van der Waals surface area contributed by atoms with Gasteiger partial charge >= 0.3 is 0 Å². The lowest BCUT2D eigenvalue weighted by Crippen LogP contribution is -2.43. The van der Waals surface area contributed by atoms with E-state index in [-0.39, 0.29) is 5.91 Å². The number of likely N-dealkylation sites (N-methyl/N-ethyl adjacent to an activating group) is 1. The third-order valence-corrected chi connectivity index (χ3v) is 6.06. The molecule has 1 aliphatic rings. The van der Waals surface area contributed by atoms with Gasteiger partial charge in [-0.2, -0.15) is 5.10 Å². The van der Waals surface area contributed by atoms with Gasteiger partial charge in [-0.05, 0) is 51.1 Å². The van der Waals surface area contributed by atoms with Gasteiger partial charge in [-0.25, -0.2) is 4.98 Å². The van der Waals surface area contributed by atoms with Crippen LogP contribution < -0.4 is 0 Å². The molecule has 0 spiro atoms. The number of hydrogen-bond donors (Lipinski definition) is 0. The van der Waals surface area contributed by atoms with Crippen molar-refractivity contribution in [1.82, 2.24) is 29.1 Å². The molecule has 0 aliphatic carbocycles. The first kappa shape index (κ1) is 19.6. The Labute approximate surface area is 171 Å². The maximum Gasteiger partial charge on any atom is 0.272 e. The molecule has 1 amide bonds. The molecule has 1 saturated heterocycles. The molecule has 4 rings (SSSR count). The van der Waals surface area contributed by atoms with Crippen LogP contribution >= 0.6 is 0 Å². The summed E-state index contributed by atoms with van der Waals surface area (Å²) in [7, 11) is 3.86. The van der Waals surface area contributed by atoms with Gasteiger partial charge in [-0.15, -0.1) is 0 Å². The molecule has 0 saturated carbocycles. The smallest absolute Gasteiger partial charge is 0.272 e. The highest BCUT2D eigenvalue weighted by Crippen LogP contribution is 2.21. The summed E-state index contributed by atoms with van der Waals surface area (Å²) >= 11 is 0. The van der Waals surface area contributed by atoms with Crippen molar-refractivity contribution in [3.63, 3.8) is 0 Å². The van der Waals surface area contributed by atoms with Gasteiger partial charge in [0.2, 0.25) is 0 Å². The van der Waals surface area contributed by atoms with Crippen molar-refractivity contribution in [1.29, 1.82) is 0 Å². The number of imidazole rings is 1. The SMILES string of the molecule is CCN1CCCC1CN(Cc1nc2ccccc2n1C)C(=O)c1cc(C)nn1C. The molecule has 1 aliphatic heterocycles. The second-order valence-electron chi connectivity index (χ2n) is 7.98. The van der Waals surface area contributed by atoms with Gasteiger partial charge in [0.15, 0.2) is 0 Å². The number of carbonyl (C=O) groups is 1. The van der Waals surface area contributed by atoms with E-state index in [4.69, 9.17) is 4.98 Å². The van der Waals surface area contributed by atoms with Crippen LogP contribution in [0.15, 0.2) is 30.3 Å². The maximum atomic E-state index is 13.5. The molecule has 2 aromatic heterocycles. The monoisotopic (exact) mass is 394 g/mol. The van der Waals surface area contributed by atoms with E-state index in [2.05, 4.69) is 27.6 Å². The second-order valence-corrected chi connectivity index (χ2v) is 7.98. The van der Waals surface area contributed by atoms with E-state index in [0.29, 0.717) is 24.8 Å². The summed E-state index contributed by atoms with van der Waals surface area (Å²) in [5, 5.41) is 4.37. The number of benzene rings is 1. The fraction of sp³-hybridized carbons (Fsp3) is 0.500. The minimum Gasteiger partial charge on any atom is -0.330 e. The number of fused-ring (bicyclic) bond motifs is 1. The molecule has 0 bridgehead atoms. The van der Waals surface area contributed by atoms with Gasteiger partial charge < -0.3 is 9.47 Å². The minimum absolute atomic E-state index is 0.0168. The van der Waals surface area contributed by atoms with Crippen molar-refractivity contribution >= 4 is 16.9 Å². The number of aryl methyl sites for hydroxylation is 3. The number of nitrogens with zero attached hydrogens (tertiary/aromatic N) is 6. The molecule has 1 aromatic carbocycles. The Kier molecular flexibility index (Phi) is 5.41. The number of amides is 1. The van der Waals surface area contributed by atoms with Gasteiger partial charge in [-0.1, -0.05) is 19.1 Å². The topological polar surface area (TPSA) is 59.2 Å². The molecule has 3 aromatic rings. The fourth-order valence-corrected chi connectivity index (χ4v) is 4.47. The van der Waals surface area contributed by atoms with Crippen molar-refractivity contribution < 1.29 is 4.79 Å². The number of aromatic nitrogens is 4. The molecule has 0 N–H and O–H groups in total. The van der Waals surface area contributed by atoms with E-state index in [1.165, 1.54) is 6.42 Å². The van der Waals surface area contributed by atoms with E-state index in [1.807, 2.05) is 50.2 Å². The molecule has 1 unspecified atom stereocenters. The lowest BCUT2D eigenvalue weighted by molar-refractivity contribution is 0.0674. The molecule has 1 atom stereocenters. The number of carbonyl (C=O) groups excluding carboxylic acids is 1. The van der Waals surface area contributed by atoms with E-state index >= 15 is 0 Å². The first-order chi connectivity index (χ1) is 14.0. The Morgan fingerprint density at radius 3 is 2.76 bits per heavy atom. The molecule has 7 heteroatoms. The number of hydrogen-bond acceptors (Lipinski definition) is 4. The average molecular weight is 395 g/mol. The maximum absolute atomic E-state index is 13.5. The van der Waals surface area contributed by atoms with Crippen LogP contribution in [-0.4, -0.2) is 60.7 Å². The highest BCUT2D eigenvalue weighted by atomic mass is 16.2. The molecule has 0 radical (unpaired) electrons. The summed E-state index contributed by atoms with van der Waals surface area (Å²) in [4.78, 5) is 22.7. The Morgan fingerprint density at radius 2 is 2.07 bits per heavy atom. The first-order valence-corrected chi connectivity index (χ1v) is 10.4. The lowest BCUT2D eigenvalue weighted by atomic mass is 10.2. The fourth-order valence-electron chi connectivity index (χ4n) is 4.47. The van der Waals surface area contributed by atoms with Crippen molar-refractivity contribution in [2.75, 3.05) is 19.6 Å². The van der Waals surface area contributed by atoms with Crippen LogP contribution in [0.5, 0.6) is 0 Å². The molecule has 3 heterocycles. The van der Waals surface area contributed by atoms with Crippen molar-refractivity contribution in [3.8, 4) is 0 Å². The van der Waals surface area contributed by atoms with Gasteiger partial charge in [0.05, 0.1) is 23.3 Å². The van der Waals surface area contributed by atoms with Crippen molar-refractivity contribution in [2.24, 2.45) is 14.1 Å². The van der Waals surface area contributed by atoms with E-state index in [1.54, 1.807) is 4.68 Å². The van der Waals surface area contributed by atoms with Crippen LogP contribution in [0.2, 0.25) is 0 Å². The standard InChI is InChI=1S/C22H30N6O/c1-5-27-12-8-9-17(27)14-28(22(29)20-13-16(2)24-26(20)4)15-21-23-18-10-6-7-11-19(18)25(21)3/h6-7,10-11,13,17H,5,8-9,12,14-15H2,1-4H3. The van der Waals surface area contributed by atoms with Crippen LogP contribution in [0.1, 0.15) is 41.8 Å². The number of likely N-dealkylation sites (tertiary alicyclic amines) is 1. The van der Waals surface area contributed by atoms with Crippen LogP contribution in [0, 0.1) is 6.92 Å². The van der Waals surface area contributed by atoms with E-state index < -0.39 is 0 Å². The van der Waals surface area contributed by atoms with E-state index in [0.717, 1.165) is 42.1 Å². The highest BCUT2D eigenvalue weighted by molar-refractivity contribution is 5.92. The Morgan fingerprint density at radius 1 is 1.28 bits per heavy atom. The zero-order valence-corrected chi connectivity index (χ0v) is 17.8. The summed E-state index contributed by atoms with van der Waals surface area (Å²) in [6.07, 6.45) is 2.32. The Bertz CT molecular complexity index is 1020. The third kappa shape index (κ3) is 3.79. The summed E-state index contributed by atoms with van der Waals surface area (Å²) in [6, 6.07) is 10.4. The minimum atomic E-state index is 0.0168. The largest absolute Gasteiger partial charge is 0.330 e. The lowest BCUT2D eigenvalue weighted by Gasteiger charge is -2.30. The van der Waals surface area contributed by atoms with Gasteiger partial charge in [0.1, 0.15) is 11.5 Å². The number of rotatable bonds is 6. The molecular formula is C22H30N6O. The molecular weight excluding hydrogens is 364 g/mol. The Balaban J connectivity index is 1.66. The second kappa shape index (κ2) is 7.99. The molecule has 1 fully saturated rings. The molecule has 154 valence electrons. The molecule has 29 heavy (non-hydrogen) atoms.